The summed E-state index contributed by atoms with van der Waals surface area (Å²) in [5, 5.41) is 10.2. The van der Waals surface area contributed by atoms with Crippen LogP contribution >= 0.6 is 0 Å². The molecule has 2 heterocycles. The molecule has 0 saturated carbocycles. The van der Waals surface area contributed by atoms with Crippen molar-refractivity contribution in [2.75, 3.05) is 0 Å². The smallest absolute Gasteiger partial charge is 0.0622 e. The van der Waals surface area contributed by atoms with Gasteiger partial charge in [0.05, 0.1) is 27.8 Å². The highest BCUT2D eigenvalue weighted by Crippen LogP contribution is 2.54. The fourth-order valence-electron chi connectivity index (χ4n) is 9.04. The van der Waals surface area contributed by atoms with Crippen LogP contribution in [0.15, 0.2) is 158 Å². The van der Waals surface area contributed by atoms with Crippen LogP contribution in [0, 0.1) is 0 Å². The van der Waals surface area contributed by atoms with Gasteiger partial charge in [0.25, 0.3) is 0 Å². The summed E-state index contributed by atoms with van der Waals surface area (Å²) in [5.74, 6) is 0. The van der Waals surface area contributed by atoms with E-state index in [-0.39, 0.29) is 5.41 Å². The van der Waals surface area contributed by atoms with Gasteiger partial charge in [-0.1, -0.05) is 135 Å². The largest absolute Gasteiger partial charge is 0.309 e. The summed E-state index contributed by atoms with van der Waals surface area (Å²) in [6, 6.07) is 58.6. The van der Waals surface area contributed by atoms with Crippen molar-refractivity contribution in [3.05, 3.63) is 169 Å². The van der Waals surface area contributed by atoms with E-state index in [1.807, 2.05) is 0 Å². The first-order chi connectivity index (χ1) is 24.1. The van der Waals surface area contributed by atoms with Crippen LogP contribution in [0.1, 0.15) is 25.0 Å². The first-order valence-corrected chi connectivity index (χ1v) is 17.2. The molecule has 1 aliphatic rings. The topological polar surface area (TPSA) is 9.86 Å². The average molecular weight is 625 g/mol. The molecule has 0 N–H and O–H groups in total. The van der Waals surface area contributed by atoms with Crippen LogP contribution in [0.5, 0.6) is 0 Å². The minimum atomic E-state index is -0.114. The molecule has 0 saturated heterocycles. The van der Waals surface area contributed by atoms with E-state index in [9.17, 15) is 0 Å². The molecule has 0 fully saturated rings. The molecule has 2 nitrogen and oxygen atoms in total. The maximum atomic E-state index is 2.58. The molecule has 0 aliphatic heterocycles. The number of hydrogen-bond donors (Lipinski definition) is 0. The van der Waals surface area contributed by atoms with E-state index < -0.39 is 0 Å². The molecule has 1 aliphatic carbocycles. The molecular weight excluding hydrogens is 593 g/mol. The van der Waals surface area contributed by atoms with E-state index in [4.69, 9.17) is 0 Å². The number of fused-ring (bicyclic) bond motifs is 12. The zero-order valence-corrected chi connectivity index (χ0v) is 27.4. The number of rotatable bonds is 2. The van der Waals surface area contributed by atoms with Gasteiger partial charge in [0.1, 0.15) is 0 Å². The van der Waals surface area contributed by atoms with Gasteiger partial charge in [-0.2, -0.15) is 0 Å². The first kappa shape index (κ1) is 26.9. The molecule has 0 bridgehead atoms. The molecule has 11 rings (SSSR count). The summed E-state index contributed by atoms with van der Waals surface area (Å²) in [4.78, 5) is 0. The highest BCUT2D eigenvalue weighted by atomic mass is 15.0. The molecule has 0 atom stereocenters. The van der Waals surface area contributed by atoms with E-state index in [1.165, 1.54) is 98.8 Å². The van der Waals surface area contributed by atoms with Crippen molar-refractivity contribution in [3.8, 4) is 22.5 Å². The lowest BCUT2D eigenvalue weighted by Crippen LogP contribution is -2.15. The SMILES string of the molecule is CC1(C)c2ccccc2-c2c1cc1ccccc1c2-n1c2ccccc2c2cc3c4ccc5ccccc5c4n(-c4ccccc4)c3cc21. The Kier molecular flexibility index (Phi) is 5.21. The zero-order chi connectivity index (χ0) is 32.4. The van der Waals surface area contributed by atoms with Crippen LogP contribution in [0.2, 0.25) is 0 Å². The van der Waals surface area contributed by atoms with Crippen LogP contribution in [-0.4, -0.2) is 9.13 Å². The molecule has 0 amide bonds. The Balaban J connectivity index is 1.38. The van der Waals surface area contributed by atoms with Crippen molar-refractivity contribution in [1.29, 1.82) is 0 Å². The van der Waals surface area contributed by atoms with Crippen LogP contribution < -0.4 is 0 Å². The van der Waals surface area contributed by atoms with Crippen LogP contribution in [-0.2, 0) is 5.41 Å². The van der Waals surface area contributed by atoms with Crippen molar-refractivity contribution in [1.82, 2.24) is 9.13 Å². The molecule has 0 radical (unpaired) electrons. The average Bonchev–Trinajstić information content (AvgIpc) is 3.73. The normalized spacial score (nSPS) is 13.7. The number of benzene rings is 8. The number of aromatic nitrogens is 2. The van der Waals surface area contributed by atoms with E-state index in [0.29, 0.717) is 0 Å². The third-order valence-electron chi connectivity index (χ3n) is 11.2. The summed E-state index contributed by atoms with van der Waals surface area (Å²) in [6.45, 7) is 4.77. The third-order valence-corrected chi connectivity index (χ3v) is 11.2. The predicted octanol–water partition coefficient (Wildman–Crippen LogP) is 12.5. The lowest BCUT2D eigenvalue weighted by atomic mass is 9.81. The second kappa shape index (κ2) is 9.49. The van der Waals surface area contributed by atoms with Gasteiger partial charge in [-0.05, 0) is 63.9 Å². The molecule has 10 aromatic rings. The Morgan fingerprint density at radius 3 is 1.92 bits per heavy atom. The van der Waals surface area contributed by atoms with Crippen LogP contribution in [0.3, 0.4) is 0 Å². The fourth-order valence-corrected chi connectivity index (χ4v) is 9.04. The van der Waals surface area contributed by atoms with Gasteiger partial charge in [-0.3, -0.25) is 0 Å². The van der Waals surface area contributed by atoms with E-state index in [1.54, 1.807) is 0 Å². The molecule has 0 spiro atoms. The Labute approximate surface area is 284 Å². The number of hydrogen-bond acceptors (Lipinski definition) is 0. The summed E-state index contributed by atoms with van der Waals surface area (Å²) in [5.41, 5.74) is 12.7. The zero-order valence-electron chi connectivity index (χ0n) is 27.4. The lowest BCUT2D eigenvalue weighted by molar-refractivity contribution is 0.661. The number of nitrogens with zero attached hydrogens (tertiary/aromatic N) is 2. The van der Waals surface area contributed by atoms with Gasteiger partial charge in [0, 0.05) is 49.0 Å². The minimum Gasteiger partial charge on any atom is -0.309 e. The molecular formula is C47H32N2. The molecule has 8 aromatic carbocycles. The van der Waals surface area contributed by atoms with Crippen LogP contribution in [0.25, 0.3) is 87.7 Å². The van der Waals surface area contributed by atoms with Gasteiger partial charge in [-0.25, -0.2) is 0 Å². The summed E-state index contributed by atoms with van der Waals surface area (Å²) in [7, 11) is 0. The molecule has 230 valence electrons. The Hall–Kier alpha value is -6.12. The second-order valence-corrected chi connectivity index (χ2v) is 14.1. The van der Waals surface area contributed by atoms with Gasteiger partial charge >= 0.3 is 0 Å². The molecule has 49 heavy (non-hydrogen) atoms. The Morgan fingerprint density at radius 1 is 0.408 bits per heavy atom. The van der Waals surface area contributed by atoms with Gasteiger partial charge in [-0.15, -0.1) is 0 Å². The summed E-state index contributed by atoms with van der Waals surface area (Å²) in [6.07, 6.45) is 0. The quantitative estimate of drug-likeness (QED) is 0.181. The maximum absolute atomic E-state index is 2.58. The van der Waals surface area contributed by atoms with Crippen molar-refractivity contribution < 1.29 is 0 Å². The predicted molar refractivity (Wildman–Crippen MR) is 208 cm³/mol. The highest BCUT2D eigenvalue weighted by Gasteiger charge is 2.38. The fraction of sp³-hybridized carbons (Fsp3) is 0.0638. The Morgan fingerprint density at radius 2 is 1.06 bits per heavy atom. The van der Waals surface area contributed by atoms with E-state index >= 15 is 0 Å². The maximum Gasteiger partial charge on any atom is 0.0622 e. The van der Waals surface area contributed by atoms with Crippen molar-refractivity contribution >= 4 is 65.2 Å². The summed E-state index contributed by atoms with van der Waals surface area (Å²) < 4.78 is 5.06. The van der Waals surface area contributed by atoms with Crippen LogP contribution in [0.4, 0.5) is 0 Å². The van der Waals surface area contributed by atoms with E-state index in [2.05, 4.69) is 181 Å². The minimum absolute atomic E-state index is 0.114. The molecule has 0 unspecified atom stereocenters. The van der Waals surface area contributed by atoms with Crippen molar-refractivity contribution in [2.24, 2.45) is 0 Å². The van der Waals surface area contributed by atoms with Crippen molar-refractivity contribution in [2.45, 2.75) is 19.3 Å². The summed E-state index contributed by atoms with van der Waals surface area (Å²) >= 11 is 0. The van der Waals surface area contributed by atoms with E-state index in [0.717, 1.165) is 0 Å². The van der Waals surface area contributed by atoms with Gasteiger partial charge in [0.15, 0.2) is 0 Å². The third kappa shape index (κ3) is 3.45. The lowest BCUT2D eigenvalue weighted by Gasteiger charge is -2.23. The monoisotopic (exact) mass is 624 g/mol. The van der Waals surface area contributed by atoms with Crippen molar-refractivity contribution in [3.63, 3.8) is 0 Å². The second-order valence-electron chi connectivity index (χ2n) is 14.1. The molecule has 2 heteroatoms. The standard InChI is InChI=1S/C47H32N2/c1-47(2)39-22-12-10-21-36(39)44-40(47)26-30-15-7-9-19-33(30)46(44)49-41-23-13-11-20-34(41)37-27-38-35-25-24-29-14-6-8-18-32(29)45(35)48(42(38)28-43(37)49)31-16-4-3-5-17-31/h3-28H,1-2H3. The first-order valence-electron chi connectivity index (χ1n) is 17.2. The van der Waals surface area contributed by atoms with Gasteiger partial charge in [0.2, 0.25) is 0 Å². The highest BCUT2D eigenvalue weighted by molar-refractivity contribution is 6.24. The van der Waals surface area contributed by atoms with Gasteiger partial charge < -0.3 is 9.13 Å². The molecule has 2 aromatic heterocycles. The Bertz CT molecular complexity index is 3010. The number of para-hydroxylation sites is 2.